The van der Waals surface area contributed by atoms with E-state index >= 15 is 0 Å². The fourth-order valence-corrected chi connectivity index (χ4v) is 3.65. The van der Waals surface area contributed by atoms with E-state index in [1.165, 1.54) is 6.26 Å². The molecule has 2 heterocycles. The number of hydrogen-bond acceptors (Lipinski definition) is 5. The molecule has 0 bridgehead atoms. The van der Waals surface area contributed by atoms with Crippen molar-refractivity contribution in [2.24, 2.45) is 4.99 Å². The Labute approximate surface area is 183 Å². The molecule has 1 aliphatic heterocycles. The van der Waals surface area contributed by atoms with E-state index in [1.54, 1.807) is 25.1 Å². The van der Waals surface area contributed by atoms with Crippen molar-refractivity contribution in [3.63, 3.8) is 0 Å². The molecule has 1 saturated heterocycles. The van der Waals surface area contributed by atoms with E-state index in [0.717, 1.165) is 38.3 Å². The van der Waals surface area contributed by atoms with Crippen LogP contribution in [0.5, 0.6) is 0 Å². The summed E-state index contributed by atoms with van der Waals surface area (Å²) in [6.07, 6.45) is 1.53. The van der Waals surface area contributed by atoms with Gasteiger partial charge in [0.1, 0.15) is 17.2 Å². The first-order valence-corrected chi connectivity index (χ1v) is 11.0. The molecule has 1 aromatic carbocycles. The number of furan rings is 1. The highest BCUT2D eigenvalue weighted by atomic mass is 19.1. The van der Waals surface area contributed by atoms with E-state index in [0.29, 0.717) is 30.5 Å². The molecule has 2 aromatic rings. The van der Waals surface area contributed by atoms with Crippen LogP contribution in [0.4, 0.5) is 10.1 Å². The molecule has 0 aliphatic carbocycles. The van der Waals surface area contributed by atoms with E-state index in [4.69, 9.17) is 4.42 Å². The van der Waals surface area contributed by atoms with Gasteiger partial charge in [0.05, 0.1) is 25.0 Å². The number of aliphatic imine (C=N–C) groups is 1. The van der Waals surface area contributed by atoms with Crippen molar-refractivity contribution in [3.8, 4) is 0 Å². The summed E-state index contributed by atoms with van der Waals surface area (Å²) in [5, 5.41) is 16.9. The molecule has 170 valence electrons. The van der Waals surface area contributed by atoms with Gasteiger partial charge in [-0.15, -0.1) is 0 Å². The zero-order chi connectivity index (χ0) is 22.3. The number of halogens is 1. The van der Waals surface area contributed by atoms with Gasteiger partial charge in [-0.1, -0.05) is 13.0 Å². The van der Waals surface area contributed by atoms with Crippen LogP contribution in [0.15, 0.2) is 46.0 Å². The Morgan fingerprint density at radius 1 is 1.19 bits per heavy atom. The molecule has 1 atom stereocenters. The van der Waals surface area contributed by atoms with Crippen LogP contribution in [0, 0.1) is 5.82 Å². The predicted octanol–water partition coefficient (Wildman–Crippen LogP) is 2.52. The first-order valence-electron chi connectivity index (χ1n) is 11.0. The minimum atomic E-state index is -1.17. The molecule has 3 rings (SSSR count). The molecule has 8 heteroatoms. The van der Waals surface area contributed by atoms with Gasteiger partial charge in [-0.05, 0) is 50.2 Å². The summed E-state index contributed by atoms with van der Waals surface area (Å²) in [4.78, 5) is 9.02. The van der Waals surface area contributed by atoms with Gasteiger partial charge in [0, 0.05) is 32.7 Å². The Morgan fingerprint density at radius 3 is 2.58 bits per heavy atom. The number of rotatable bonds is 8. The van der Waals surface area contributed by atoms with E-state index in [1.807, 2.05) is 19.1 Å². The van der Waals surface area contributed by atoms with Crippen LogP contribution in [0.3, 0.4) is 0 Å². The van der Waals surface area contributed by atoms with E-state index in [9.17, 15) is 9.50 Å². The summed E-state index contributed by atoms with van der Waals surface area (Å²) in [6, 6.07) is 8.82. The molecule has 0 radical (unpaired) electrons. The second kappa shape index (κ2) is 10.6. The average Bonchev–Trinajstić information content (AvgIpc) is 3.32. The molecule has 0 spiro atoms. The largest absolute Gasteiger partial charge is 0.466 e. The van der Waals surface area contributed by atoms with Crippen LogP contribution in [0.25, 0.3) is 0 Å². The quantitative estimate of drug-likeness (QED) is 0.441. The zero-order valence-electron chi connectivity index (χ0n) is 18.7. The summed E-state index contributed by atoms with van der Waals surface area (Å²) >= 11 is 0. The molecule has 1 unspecified atom stereocenters. The molecule has 1 aromatic heterocycles. The first-order chi connectivity index (χ1) is 14.9. The third kappa shape index (κ3) is 6.21. The molecular formula is C23H34FN5O2. The number of nitrogens with one attached hydrogen (secondary N) is 2. The van der Waals surface area contributed by atoms with Crippen molar-refractivity contribution in [1.82, 2.24) is 15.5 Å². The van der Waals surface area contributed by atoms with Crippen LogP contribution in [0.2, 0.25) is 0 Å². The Bertz CT molecular complexity index is 846. The van der Waals surface area contributed by atoms with Gasteiger partial charge in [0.2, 0.25) is 0 Å². The van der Waals surface area contributed by atoms with Crippen LogP contribution in [-0.4, -0.2) is 61.8 Å². The second-order valence-electron chi connectivity index (χ2n) is 8.01. The molecule has 3 N–H and O–H groups in total. The molecule has 1 fully saturated rings. The third-order valence-corrected chi connectivity index (χ3v) is 5.59. The van der Waals surface area contributed by atoms with Crippen LogP contribution < -0.4 is 15.5 Å². The van der Waals surface area contributed by atoms with E-state index in [2.05, 4.69) is 32.3 Å². The Balaban J connectivity index is 1.61. The van der Waals surface area contributed by atoms with Crippen LogP contribution in [0.1, 0.15) is 32.1 Å². The maximum Gasteiger partial charge on any atom is 0.191 e. The van der Waals surface area contributed by atoms with Crippen molar-refractivity contribution in [1.29, 1.82) is 0 Å². The molecule has 7 nitrogen and oxygen atoms in total. The van der Waals surface area contributed by atoms with Gasteiger partial charge in [-0.3, -0.25) is 0 Å². The van der Waals surface area contributed by atoms with Gasteiger partial charge in [0.15, 0.2) is 5.96 Å². The summed E-state index contributed by atoms with van der Waals surface area (Å²) in [6.45, 7) is 11.7. The lowest BCUT2D eigenvalue weighted by atomic mass is 10.0. The minimum absolute atomic E-state index is 0.212. The standard InChI is InChI=1S/C23H34FN5O2/c1-4-25-22(27-17-23(3,30)21-7-6-14-31-21)26-16-18-8-9-20(19(24)15-18)29-12-10-28(5-2)11-13-29/h6-9,14-15,30H,4-5,10-13,16-17H2,1-3H3,(H2,25,26,27). The Kier molecular flexibility index (Phi) is 7.92. The predicted molar refractivity (Wildman–Crippen MR) is 122 cm³/mol. The number of hydrogen-bond donors (Lipinski definition) is 3. The Hall–Kier alpha value is -2.58. The maximum atomic E-state index is 14.8. The van der Waals surface area contributed by atoms with Crippen molar-refractivity contribution in [2.75, 3.05) is 50.7 Å². The number of likely N-dealkylation sites (N-methyl/N-ethyl adjacent to an activating group) is 1. The van der Waals surface area contributed by atoms with Gasteiger partial charge in [-0.25, -0.2) is 9.38 Å². The lowest BCUT2D eigenvalue weighted by molar-refractivity contribution is 0.0386. The number of anilines is 1. The van der Waals surface area contributed by atoms with Crippen molar-refractivity contribution in [3.05, 3.63) is 53.7 Å². The van der Waals surface area contributed by atoms with Gasteiger partial charge in [-0.2, -0.15) is 0 Å². The topological polar surface area (TPSA) is 76.3 Å². The number of nitrogens with zero attached hydrogens (tertiary/aromatic N) is 3. The number of benzene rings is 1. The van der Waals surface area contributed by atoms with Gasteiger partial charge < -0.3 is 30.0 Å². The minimum Gasteiger partial charge on any atom is -0.466 e. The smallest absolute Gasteiger partial charge is 0.191 e. The number of guanidine groups is 1. The summed E-state index contributed by atoms with van der Waals surface area (Å²) in [7, 11) is 0. The summed E-state index contributed by atoms with van der Waals surface area (Å²) < 4.78 is 20.1. The highest BCUT2D eigenvalue weighted by molar-refractivity contribution is 5.79. The molecule has 0 saturated carbocycles. The normalized spacial score (nSPS) is 17.5. The fourth-order valence-electron chi connectivity index (χ4n) is 3.65. The monoisotopic (exact) mass is 431 g/mol. The third-order valence-electron chi connectivity index (χ3n) is 5.59. The fraction of sp³-hybridized carbons (Fsp3) is 0.522. The number of piperazine rings is 1. The number of aliphatic hydroxyl groups is 1. The van der Waals surface area contributed by atoms with Crippen molar-refractivity contribution in [2.45, 2.75) is 32.9 Å². The lowest BCUT2D eigenvalue weighted by Crippen LogP contribution is -2.46. The Morgan fingerprint density at radius 2 is 1.97 bits per heavy atom. The SMILES string of the molecule is CCNC(=NCc1ccc(N2CCN(CC)CC2)c(F)c1)NCC(C)(O)c1ccco1. The summed E-state index contributed by atoms with van der Waals surface area (Å²) in [5.41, 5.74) is 0.279. The average molecular weight is 432 g/mol. The highest BCUT2D eigenvalue weighted by Gasteiger charge is 2.26. The second-order valence-corrected chi connectivity index (χ2v) is 8.01. The molecule has 1 aliphatic rings. The van der Waals surface area contributed by atoms with Crippen molar-refractivity contribution < 1.29 is 13.9 Å². The van der Waals surface area contributed by atoms with E-state index < -0.39 is 5.60 Å². The molecule has 31 heavy (non-hydrogen) atoms. The van der Waals surface area contributed by atoms with E-state index in [-0.39, 0.29) is 12.4 Å². The maximum absolute atomic E-state index is 14.8. The molecule has 0 amide bonds. The van der Waals surface area contributed by atoms with Crippen LogP contribution in [-0.2, 0) is 12.1 Å². The molecular weight excluding hydrogens is 397 g/mol. The van der Waals surface area contributed by atoms with Gasteiger partial charge in [0.25, 0.3) is 0 Å². The van der Waals surface area contributed by atoms with Gasteiger partial charge >= 0.3 is 0 Å². The zero-order valence-corrected chi connectivity index (χ0v) is 18.7. The van der Waals surface area contributed by atoms with Crippen LogP contribution >= 0.6 is 0 Å². The highest BCUT2D eigenvalue weighted by Crippen LogP contribution is 2.23. The van der Waals surface area contributed by atoms with Crippen molar-refractivity contribution >= 4 is 11.6 Å². The first kappa shape index (κ1) is 23.1. The lowest BCUT2D eigenvalue weighted by Gasteiger charge is -2.35. The summed E-state index contributed by atoms with van der Waals surface area (Å²) in [5.74, 6) is 0.819.